The van der Waals surface area contributed by atoms with Crippen LogP contribution in [-0.2, 0) is 14.3 Å². The number of nitrogens with one attached hydrogen (secondary N) is 1. The molecule has 1 aromatic rings. The topological polar surface area (TPSA) is 87.9 Å². The first-order chi connectivity index (χ1) is 15.0. The number of halogens is 1. The number of benzene rings is 1. The second-order valence-corrected chi connectivity index (χ2v) is 9.05. The van der Waals surface area contributed by atoms with E-state index in [9.17, 15) is 14.0 Å². The Labute approximate surface area is 183 Å². The van der Waals surface area contributed by atoms with Gasteiger partial charge in [-0.25, -0.2) is 4.39 Å². The number of ether oxygens (including phenoxy) is 1. The van der Waals surface area contributed by atoms with Gasteiger partial charge in [-0.15, -0.1) is 0 Å². The molecular formula is C23H33FN4O3. The number of nitrogens with two attached hydrogens (primary N) is 1. The lowest BCUT2D eigenvalue weighted by molar-refractivity contribution is -0.125. The first-order valence-corrected chi connectivity index (χ1v) is 11.5. The average molecular weight is 433 g/mol. The van der Waals surface area contributed by atoms with Crippen LogP contribution < -0.4 is 16.0 Å². The van der Waals surface area contributed by atoms with Crippen molar-refractivity contribution in [3.05, 3.63) is 24.0 Å². The van der Waals surface area contributed by atoms with Crippen molar-refractivity contribution >= 4 is 23.2 Å². The molecular weight excluding hydrogens is 399 g/mol. The SMILES string of the molecule is NC[C@H](C(=O)Nc1ccc(N2CCOCC2=O)cc1F)N(CC1CCC1)CC1CCC1. The van der Waals surface area contributed by atoms with Crippen molar-refractivity contribution in [2.75, 3.05) is 49.6 Å². The number of hydrogen-bond acceptors (Lipinski definition) is 5. The summed E-state index contributed by atoms with van der Waals surface area (Å²) >= 11 is 0. The molecule has 0 unspecified atom stereocenters. The molecule has 3 aliphatic rings. The fourth-order valence-corrected chi connectivity index (χ4v) is 4.55. The average Bonchev–Trinajstić information content (AvgIpc) is 2.69. The molecule has 1 saturated heterocycles. The van der Waals surface area contributed by atoms with Gasteiger partial charge in [0.2, 0.25) is 5.91 Å². The molecule has 3 fully saturated rings. The van der Waals surface area contributed by atoms with E-state index in [0.29, 0.717) is 30.7 Å². The number of nitrogens with zero attached hydrogens (tertiary/aromatic N) is 2. The highest BCUT2D eigenvalue weighted by Crippen LogP contribution is 2.32. The normalized spacial score (nSPS) is 21.0. The molecule has 0 spiro atoms. The van der Waals surface area contributed by atoms with Gasteiger partial charge in [0.15, 0.2) is 0 Å². The summed E-state index contributed by atoms with van der Waals surface area (Å²) in [4.78, 5) is 28.8. The molecule has 1 aromatic carbocycles. The quantitative estimate of drug-likeness (QED) is 0.626. The van der Waals surface area contributed by atoms with E-state index in [1.54, 1.807) is 6.07 Å². The standard InChI is InChI=1S/C23H33FN4O3/c24-19-11-18(28-9-10-31-15-22(28)29)7-8-20(19)26-23(30)21(12-25)27(13-16-3-1-4-16)14-17-5-2-6-17/h7-8,11,16-17,21H,1-6,9-10,12-15,25H2,(H,26,30)/t21-/m1/s1. The highest BCUT2D eigenvalue weighted by molar-refractivity contribution is 5.97. The predicted molar refractivity (Wildman–Crippen MR) is 117 cm³/mol. The fourth-order valence-electron chi connectivity index (χ4n) is 4.55. The van der Waals surface area contributed by atoms with Crippen LogP contribution in [0.1, 0.15) is 38.5 Å². The third-order valence-corrected chi connectivity index (χ3v) is 6.91. The minimum Gasteiger partial charge on any atom is -0.370 e. The number of morpholine rings is 1. The van der Waals surface area contributed by atoms with E-state index < -0.39 is 11.9 Å². The molecule has 8 heteroatoms. The number of rotatable bonds is 9. The third-order valence-electron chi connectivity index (χ3n) is 6.91. The Hall–Kier alpha value is -2.03. The summed E-state index contributed by atoms with van der Waals surface area (Å²) in [6.07, 6.45) is 7.33. The minimum atomic E-state index is -0.564. The van der Waals surface area contributed by atoms with Gasteiger partial charge in [-0.05, 0) is 55.7 Å². The summed E-state index contributed by atoms with van der Waals surface area (Å²) in [7, 11) is 0. The van der Waals surface area contributed by atoms with Crippen LogP contribution in [0.25, 0.3) is 0 Å². The zero-order valence-corrected chi connectivity index (χ0v) is 18.0. The van der Waals surface area contributed by atoms with Crippen LogP contribution in [0.3, 0.4) is 0 Å². The lowest BCUT2D eigenvalue weighted by Gasteiger charge is -2.40. The van der Waals surface area contributed by atoms with Crippen molar-refractivity contribution in [1.82, 2.24) is 4.90 Å². The largest absolute Gasteiger partial charge is 0.370 e. The van der Waals surface area contributed by atoms with Gasteiger partial charge in [0.25, 0.3) is 5.91 Å². The van der Waals surface area contributed by atoms with Crippen molar-refractivity contribution in [3.63, 3.8) is 0 Å². The Kier molecular flexibility index (Phi) is 7.20. The van der Waals surface area contributed by atoms with Crippen LogP contribution in [0, 0.1) is 17.7 Å². The fraction of sp³-hybridized carbons (Fsp3) is 0.652. The smallest absolute Gasteiger partial charge is 0.253 e. The molecule has 7 nitrogen and oxygen atoms in total. The van der Waals surface area contributed by atoms with Crippen LogP contribution in [0.4, 0.5) is 15.8 Å². The second-order valence-electron chi connectivity index (χ2n) is 9.05. The molecule has 1 heterocycles. The molecule has 1 atom stereocenters. The minimum absolute atomic E-state index is 0.00386. The van der Waals surface area contributed by atoms with E-state index in [4.69, 9.17) is 10.5 Å². The molecule has 2 saturated carbocycles. The molecule has 0 radical (unpaired) electrons. The van der Waals surface area contributed by atoms with Crippen LogP contribution in [0.15, 0.2) is 18.2 Å². The van der Waals surface area contributed by atoms with Gasteiger partial charge in [-0.2, -0.15) is 0 Å². The first-order valence-electron chi connectivity index (χ1n) is 11.5. The molecule has 31 heavy (non-hydrogen) atoms. The van der Waals surface area contributed by atoms with Crippen LogP contribution in [0.5, 0.6) is 0 Å². The lowest BCUT2D eigenvalue weighted by Crippen LogP contribution is -2.52. The Bertz CT molecular complexity index is 781. The summed E-state index contributed by atoms with van der Waals surface area (Å²) in [6, 6.07) is 3.98. The first kappa shape index (κ1) is 22.2. The van der Waals surface area contributed by atoms with E-state index in [0.717, 1.165) is 13.1 Å². The molecule has 0 bridgehead atoms. The number of carbonyl (C=O) groups is 2. The zero-order valence-electron chi connectivity index (χ0n) is 18.0. The van der Waals surface area contributed by atoms with Crippen molar-refractivity contribution in [1.29, 1.82) is 0 Å². The predicted octanol–water partition coefficient (Wildman–Crippen LogP) is 2.36. The number of hydrogen-bond donors (Lipinski definition) is 2. The van der Waals surface area contributed by atoms with Crippen molar-refractivity contribution < 1.29 is 18.7 Å². The van der Waals surface area contributed by atoms with Gasteiger partial charge >= 0.3 is 0 Å². The molecule has 1 aliphatic heterocycles. The van der Waals surface area contributed by atoms with Crippen LogP contribution in [-0.4, -0.2) is 62.1 Å². The molecule has 0 aromatic heterocycles. The maximum Gasteiger partial charge on any atom is 0.253 e. The summed E-state index contributed by atoms with van der Waals surface area (Å²) in [5.41, 5.74) is 6.60. The maximum atomic E-state index is 14.8. The van der Waals surface area contributed by atoms with E-state index in [1.165, 1.54) is 55.6 Å². The van der Waals surface area contributed by atoms with E-state index >= 15 is 0 Å². The summed E-state index contributed by atoms with van der Waals surface area (Å²) in [5.74, 6) is 0.224. The zero-order chi connectivity index (χ0) is 21.8. The van der Waals surface area contributed by atoms with Crippen molar-refractivity contribution in [2.24, 2.45) is 17.6 Å². The summed E-state index contributed by atoms with van der Waals surface area (Å²) < 4.78 is 19.9. The Morgan fingerprint density at radius 2 is 1.90 bits per heavy atom. The van der Waals surface area contributed by atoms with Gasteiger partial charge in [-0.3, -0.25) is 14.5 Å². The number of carbonyl (C=O) groups excluding carboxylic acids is 2. The maximum absolute atomic E-state index is 14.8. The van der Waals surface area contributed by atoms with Crippen LogP contribution in [0.2, 0.25) is 0 Å². The molecule has 2 aliphatic carbocycles. The molecule has 4 rings (SSSR count). The van der Waals surface area contributed by atoms with Gasteiger partial charge in [0.1, 0.15) is 18.5 Å². The van der Waals surface area contributed by atoms with Gasteiger partial charge in [-0.1, -0.05) is 12.8 Å². The summed E-state index contributed by atoms with van der Waals surface area (Å²) in [6.45, 7) is 2.76. The highest BCUT2D eigenvalue weighted by Gasteiger charge is 2.32. The monoisotopic (exact) mass is 432 g/mol. The second kappa shape index (κ2) is 10.1. The molecule has 2 amide bonds. The van der Waals surface area contributed by atoms with Gasteiger partial charge in [0, 0.05) is 31.9 Å². The van der Waals surface area contributed by atoms with E-state index in [-0.39, 0.29) is 30.7 Å². The molecule has 170 valence electrons. The Morgan fingerprint density at radius 3 is 2.42 bits per heavy atom. The van der Waals surface area contributed by atoms with E-state index in [2.05, 4.69) is 10.2 Å². The van der Waals surface area contributed by atoms with Gasteiger partial charge < -0.3 is 20.7 Å². The Balaban J connectivity index is 1.43. The lowest BCUT2D eigenvalue weighted by atomic mass is 9.82. The van der Waals surface area contributed by atoms with Crippen molar-refractivity contribution in [2.45, 2.75) is 44.6 Å². The van der Waals surface area contributed by atoms with Gasteiger partial charge in [0.05, 0.1) is 12.3 Å². The third kappa shape index (κ3) is 5.25. The summed E-state index contributed by atoms with van der Waals surface area (Å²) in [5, 5.41) is 2.74. The number of amides is 2. The van der Waals surface area contributed by atoms with Crippen LogP contribution >= 0.6 is 0 Å². The molecule has 3 N–H and O–H groups in total. The Morgan fingerprint density at radius 1 is 1.23 bits per heavy atom. The van der Waals surface area contributed by atoms with E-state index in [1.807, 2.05) is 0 Å². The van der Waals surface area contributed by atoms with Crippen molar-refractivity contribution in [3.8, 4) is 0 Å². The number of anilines is 2. The highest BCUT2D eigenvalue weighted by atomic mass is 19.1.